The first kappa shape index (κ1) is 28.0. The first-order chi connectivity index (χ1) is 18.4. The van der Waals surface area contributed by atoms with Gasteiger partial charge in [0.2, 0.25) is 0 Å². The smallest absolute Gasteiger partial charge is 0.177 e. The maximum Gasteiger partial charge on any atom is 0.177 e. The van der Waals surface area contributed by atoms with E-state index in [1.807, 2.05) is 60.7 Å². The second kappa shape index (κ2) is 14.3. The standard InChI is InChI=1S/C34H32N2O2/c1-3-5-25-7-11-27(12-8-25)19-31(23-35)33(37)21-29-15-17-30(18-16-29)22-34(38)32(24-36)20-28-13-9-26(6-4-2)10-14-28/h7-20H,3-6,21-22H2,1-2H3. The van der Waals surface area contributed by atoms with Crippen LogP contribution >= 0.6 is 0 Å². The molecule has 0 fully saturated rings. The summed E-state index contributed by atoms with van der Waals surface area (Å²) in [5.41, 5.74) is 5.84. The van der Waals surface area contributed by atoms with Crippen LogP contribution < -0.4 is 0 Å². The van der Waals surface area contributed by atoms with Crippen molar-refractivity contribution in [2.45, 2.75) is 52.4 Å². The van der Waals surface area contributed by atoms with Gasteiger partial charge in [0, 0.05) is 12.8 Å². The molecule has 190 valence electrons. The highest BCUT2D eigenvalue weighted by Gasteiger charge is 2.13. The molecular weight excluding hydrogens is 468 g/mol. The summed E-state index contributed by atoms with van der Waals surface area (Å²) >= 11 is 0. The van der Waals surface area contributed by atoms with Gasteiger partial charge in [-0.2, -0.15) is 10.5 Å². The van der Waals surface area contributed by atoms with Crippen molar-refractivity contribution in [3.05, 3.63) is 117 Å². The molecule has 0 saturated heterocycles. The zero-order valence-electron chi connectivity index (χ0n) is 22.0. The molecule has 0 saturated carbocycles. The number of carbonyl (C=O) groups excluding carboxylic acids is 2. The van der Waals surface area contributed by atoms with E-state index in [0.717, 1.165) is 47.9 Å². The van der Waals surface area contributed by atoms with Crippen molar-refractivity contribution in [2.24, 2.45) is 0 Å². The van der Waals surface area contributed by atoms with Gasteiger partial charge in [-0.25, -0.2) is 0 Å². The highest BCUT2D eigenvalue weighted by Crippen LogP contribution is 2.16. The van der Waals surface area contributed by atoms with E-state index in [1.54, 1.807) is 36.4 Å². The van der Waals surface area contributed by atoms with E-state index in [4.69, 9.17) is 0 Å². The Morgan fingerprint density at radius 1 is 0.579 bits per heavy atom. The van der Waals surface area contributed by atoms with Crippen LogP contribution in [0.3, 0.4) is 0 Å². The molecule has 0 aliphatic carbocycles. The van der Waals surface area contributed by atoms with Gasteiger partial charge < -0.3 is 0 Å². The van der Waals surface area contributed by atoms with E-state index in [1.165, 1.54) is 11.1 Å². The molecule has 0 aromatic heterocycles. The maximum absolute atomic E-state index is 12.8. The number of hydrogen-bond donors (Lipinski definition) is 0. The molecule has 4 nitrogen and oxygen atoms in total. The third kappa shape index (κ3) is 8.26. The third-order valence-electron chi connectivity index (χ3n) is 6.25. The summed E-state index contributed by atoms with van der Waals surface area (Å²) in [5.74, 6) is -0.512. The normalized spacial score (nSPS) is 11.5. The molecule has 38 heavy (non-hydrogen) atoms. The molecule has 4 heteroatoms. The minimum Gasteiger partial charge on any atom is -0.293 e. The minimum absolute atomic E-state index is 0.0961. The van der Waals surface area contributed by atoms with Crippen LogP contribution in [0.1, 0.15) is 60.1 Å². The van der Waals surface area contributed by atoms with Crippen molar-refractivity contribution < 1.29 is 9.59 Å². The number of carbonyl (C=O) groups is 2. The molecular formula is C34H32N2O2. The maximum atomic E-state index is 12.8. The quantitative estimate of drug-likeness (QED) is 0.197. The number of nitrogens with zero attached hydrogens (tertiary/aromatic N) is 2. The fraction of sp³-hybridized carbons (Fsp3) is 0.235. The highest BCUT2D eigenvalue weighted by molar-refractivity contribution is 6.05. The molecule has 0 atom stereocenters. The summed E-state index contributed by atoms with van der Waals surface area (Å²) in [6.45, 7) is 4.25. The lowest BCUT2D eigenvalue weighted by molar-refractivity contribution is -0.115. The van der Waals surface area contributed by atoms with E-state index in [0.29, 0.717) is 0 Å². The number of allylic oxidation sites excluding steroid dienone is 2. The van der Waals surface area contributed by atoms with Crippen LogP contribution in [0, 0.1) is 22.7 Å². The first-order valence-electron chi connectivity index (χ1n) is 13.0. The average Bonchev–Trinajstić information content (AvgIpc) is 2.93. The number of aryl methyl sites for hydroxylation is 2. The number of rotatable bonds is 12. The monoisotopic (exact) mass is 500 g/mol. The largest absolute Gasteiger partial charge is 0.293 e. The molecule has 0 spiro atoms. The van der Waals surface area contributed by atoms with E-state index in [2.05, 4.69) is 13.8 Å². The first-order valence-corrected chi connectivity index (χ1v) is 13.0. The Labute approximate surface area is 225 Å². The van der Waals surface area contributed by atoms with Crippen molar-refractivity contribution in [3.63, 3.8) is 0 Å². The molecule has 0 heterocycles. The molecule has 0 radical (unpaired) electrons. The summed E-state index contributed by atoms with van der Waals surface area (Å²) in [6, 6.07) is 27.0. The molecule has 0 N–H and O–H groups in total. The number of benzene rings is 3. The van der Waals surface area contributed by atoms with Crippen LogP contribution in [0.2, 0.25) is 0 Å². The second-order valence-electron chi connectivity index (χ2n) is 9.34. The van der Waals surface area contributed by atoms with Gasteiger partial charge in [-0.1, -0.05) is 99.5 Å². The Morgan fingerprint density at radius 3 is 1.18 bits per heavy atom. The van der Waals surface area contributed by atoms with Crippen LogP contribution in [0.25, 0.3) is 12.2 Å². The SMILES string of the molecule is CCCc1ccc(C=C(C#N)C(=O)Cc2ccc(CC(=O)C(C#N)=Cc3ccc(CCC)cc3)cc2)cc1. The summed E-state index contributed by atoms with van der Waals surface area (Å²) in [5, 5.41) is 19.1. The molecule has 3 rings (SSSR count). The Bertz CT molecular complexity index is 1290. The number of Topliss-reactive ketones (excluding diaryl/α,β-unsaturated/α-hetero) is 2. The van der Waals surface area contributed by atoms with E-state index in [9.17, 15) is 20.1 Å². The fourth-order valence-corrected chi connectivity index (χ4v) is 4.16. The van der Waals surface area contributed by atoms with Crippen molar-refractivity contribution in [2.75, 3.05) is 0 Å². The number of nitriles is 2. The predicted molar refractivity (Wildman–Crippen MR) is 152 cm³/mol. The molecule has 0 bridgehead atoms. The predicted octanol–water partition coefficient (Wildman–Crippen LogP) is 7.03. The molecule has 0 unspecified atom stereocenters. The van der Waals surface area contributed by atoms with E-state index in [-0.39, 0.29) is 35.6 Å². The number of hydrogen-bond acceptors (Lipinski definition) is 4. The van der Waals surface area contributed by atoms with Gasteiger partial charge in [-0.3, -0.25) is 9.59 Å². The second-order valence-corrected chi connectivity index (χ2v) is 9.34. The van der Waals surface area contributed by atoms with Gasteiger partial charge in [0.1, 0.15) is 12.1 Å². The van der Waals surface area contributed by atoms with Crippen LogP contribution in [-0.2, 0) is 35.3 Å². The third-order valence-corrected chi connectivity index (χ3v) is 6.25. The Morgan fingerprint density at radius 2 is 0.895 bits per heavy atom. The van der Waals surface area contributed by atoms with Crippen molar-refractivity contribution in [1.29, 1.82) is 10.5 Å². The summed E-state index contributed by atoms with van der Waals surface area (Å²) in [7, 11) is 0. The summed E-state index contributed by atoms with van der Waals surface area (Å²) in [6.07, 6.45) is 7.56. The Balaban J connectivity index is 1.63. The zero-order valence-corrected chi connectivity index (χ0v) is 22.0. The van der Waals surface area contributed by atoms with Gasteiger partial charge in [0.05, 0.1) is 11.1 Å². The molecule has 0 aliphatic heterocycles. The van der Waals surface area contributed by atoms with Gasteiger partial charge in [0.25, 0.3) is 0 Å². The fourth-order valence-electron chi connectivity index (χ4n) is 4.16. The van der Waals surface area contributed by atoms with Gasteiger partial charge >= 0.3 is 0 Å². The molecule has 0 aliphatic rings. The topological polar surface area (TPSA) is 81.7 Å². The van der Waals surface area contributed by atoms with Gasteiger partial charge in [0.15, 0.2) is 11.6 Å². The van der Waals surface area contributed by atoms with Crippen LogP contribution in [0.4, 0.5) is 0 Å². The lowest BCUT2D eigenvalue weighted by atomic mass is 9.98. The Hall–Kier alpha value is -4.54. The molecule has 3 aromatic carbocycles. The molecule has 0 amide bonds. The van der Waals surface area contributed by atoms with Crippen molar-refractivity contribution >= 4 is 23.7 Å². The summed E-state index contributed by atoms with van der Waals surface area (Å²) in [4.78, 5) is 25.5. The molecule has 3 aromatic rings. The minimum atomic E-state index is -0.256. The van der Waals surface area contributed by atoms with E-state index < -0.39 is 0 Å². The Kier molecular flexibility index (Phi) is 10.5. The lowest BCUT2D eigenvalue weighted by Gasteiger charge is -2.05. The van der Waals surface area contributed by atoms with E-state index >= 15 is 0 Å². The van der Waals surface area contributed by atoms with Crippen molar-refractivity contribution in [1.82, 2.24) is 0 Å². The van der Waals surface area contributed by atoms with Crippen LogP contribution in [-0.4, -0.2) is 11.6 Å². The van der Waals surface area contributed by atoms with Crippen molar-refractivity contribution in [3.8, 4) is 12.1 Å². The van der Waals surface area contributed by atoms with Gasteiger partial charge in [-0.05, 0) is 58.4 Å². The lowest BCUT2D eigenvalue weighted by Crippen LogP contribution is -2.07. The summed E-state index contributed by atoms with van der Waals surface area (Å²) < 4.78 is 0. The number of ketones is 2. The zero-order chi connectivity index (χ0) is 27.3. The van der Waals surface area contributed by atoms with Crippen LogP contribution in [0.15, 0.2) is 83.9 Å². The highest BCUT2D eigenvalue weighted by atomic mass is 16.1. The van der Waals surface area contributed by atoms with Crippen LogP contribution in [0.5, 0.6) is 0 Å². The average molecular weight is 501 g/mol. The van der Waals surface area contributed by atoms with Gasteiger partial charge in [-0.15, -0.1) is 0 Å².